The van der Waals surface area contributed by atoms with E-state index in [0.29, 0.717) is 19.3 Å². The minimum atomic E-state index is -4.04. The molecule has 1 saturated carbocycles. The van der Waals surface area contributed by atoms with Crippen molar-refractivity contribution in [2.45, 2.75) is 36.6 Å². The Kier molecular flexibility index (Phi) is 2.48. The highest BCUT2D eigenvalue weighted by atomic mass is 31.2. The molecule has 0 radical (unpaired) electrons. The Bertz CT molecular complexity index is 317. The minimum absolute atomic E-state index is 0.0151. The largest absolute Gasteiger partial charge is 0.472 e. The first-order valence-electron chi connectivity index (χ1n) is 4.81. The second-order valence-corrected chi connectivity index (χ2v) is 5.59. The first kappa shape index (κ1) is 11.5. The number of hydrogen-bond donors (Lipinski definition) is 4. The number of hydrogen-bond acceptors (Lipinski definition) is 6. The normalized spacial score (nSPS) is 43.3. The zero-order chi connectivity index (χ0) is 11.3. The highest BCUT2D eigenvalue weighted by Gasteiger charge is 2.63. The molecule has 1 heterocycles. The van der Waals surface area contributed by atoms with E-state index in [-0.39, 0.29) is 6.61 Å². The molecule has 1 aliphatic carbocycles. The molecular weight excluding hydrogens is 221 g/mol. The first-order valence-corrected chi connectivity index (χ1v) is 6.30. The molecule has 1 spiro atoms. The van der Waals surface area contributed by atoms with Crippen molar-refractivity contribution in [3.63, 3.8) is 0 Å². The number of rotatable bonds is 0. The first-order chi connectivity index (χ1) is 6.79. The standard InChI is InChI=1S/C7H16N3O4P/c8-5-1-4-13-15(11,12)14-6(2-3-6)7(5,9)10/h5H,1-4,8-10H2,(H,11,12). The average molecular weight is 237 g/mol. The molecule has 0 bridgehead atoms. The third kappa shape index (κ3) is 1.85. The van der Waals surface area contributed by atoms with Gasteiger partial charge < -0.3 is 22.1 Å². The van der Waals surface area contributed by atoms with Crippen molar-refractivity contribution < 1.29 is 18.5 Å². The lowest BCUT2D eigenvalue weighted by molar-refractivity contribution is 0.00688. The van der Waals surface area contributed by atoms with Gasteiger partial charge in [0.05, 0.1) is 6.61 Å². The van der Waals surface area contributed by atoms with E-state index >= 15 is 0 Å². The summed E-state index contributed by atoms with van der Waals surface area (Å²) in [5.74, 6) is 0. The van der Waals surface area contributed by atoms with Crippen LogP contribution >= 0.6 is 7.82 Å². The van der Waals surface area contributed by atoms with Crippen LogP contribution in [0.2, 0.25) is 0 Å². The van der Waals surface area contributed by atoms with Gasteiger partial charge >= 0.3 is 7.82 Å². The van der Waals surface area contributed by atoms with Gasteiger partial charge in [0.25, 0.3) is 0 Å². The maximum Gasteiger partial charge on any atom is 0.472 e. The fourth-order valence-corrected chi connectivity index (χ4v) is 3.01. The number of phosphoric acid groups is 1. The summed E-state index contributed by atoms with van der Waals surface area (Å²) < 4.78 is 21.1. The fourth-order valence-electron chi connectivity index (χ4n) is 1.84. The van der Waals surface area contributed by atoms with Gasteiger partial charge in [-0.3, -0.25) is 9.05 Å². The van der Waals surface area contributed by atoms with Gasteiger partial charge in [-0.1, -0.05) is 0 Å². The summed E-state index contributed by atoms with van der Waals surface area (Å²) >= 11 is 0. The molecule has 2 rings (SSSR count). The topological polar surface area (TPSA) is 134 Å². The van der Waals surface area contributed by atoms with E-state index < -0.39 is 25.1 Å². The SMILES string of the molecule is NC1CCOP(=O)(O)OC2(CC2)C1(N)N. The van der Waals surface area contributed by atoms with Crippen molar-refractivity contribution in [1.82, 2.24) is 0 Å². The van der Waals surface area contributed by atoms with Crippen LogP contribution in [0.3, 0.4) is 0 Å². The molecule has 0 aromatic rings. The van der Waals surface area contributed by atoms with Crippen molar-refractivity contribution >= 4 is 7.82 Å². The zero-order valence-electron chi connectivity index (χ0n) is 8.26. The van der Waals surface area contributed by atoms with E-state index in [2.05, 4.69) is 0 Å². The van der Waals surface area contributed by atoms with Gasteiger partial charge in [-0.05, 0) is 19.3 Å². The number of nitrogens with two attached hydrogens (primary N) is 3. The molecule has 7 N–H and O–H groups in total. The summed E-state index contributed by atoms with van der Waals surface area (Å²) in [7, 11) is -4.04. The van der Waals surface area contributed by atoms with Crippen LogP contribution in [0.1, 0.15) is 19.3 Å². The Labute approximate surface area is 87.5 Å². The van der Waals surface area contributed by atoms with Crippen LogP contribution in [0.5, 0.6) is 0 Å². The quantitative estimate of drug-likeness (QED) is 0.313. The highest BCUT2D eigenvalue weighted by Crippen LogP contribution is 2.59. The van der Waals surface area contributed by atoms with Gasteiger partial charge in [0.15, 0.2) is 0 Å². The molecular formula is C7H16N3O4P. The van der Waals surface area contributed by atoms with Crippen LogP contribution in [0.4, 0.5) is 0 Å². The smallest absolute Gasteiger partial charge is 0.325 e. The van der Waals surface area contributed by atoms with Gasteiger partial charge in [0.2, 0.25) is 0 Å². The Morgan fingerprint density at radius 3 is 2.53 bits per heavy atom. The summed E-state index contributed by atoms with van der Waals surface area (Å²) in [5, 5.41) is 0. The Balaban J connectivity index is 2.28. The molecule has 88 valence electrons. The van der Waals surface area contributed by atoms with Crippen molar-refractivity contribution in [2.75, 3.05) is 6.61 Å². The van der Waals surface area contributed by atoms with Gasteiger partial charge in [-0.25, -0.2) is 4.57 Å². The summed E-state index contributed by atoms with van der Waals surface area (Å²) in [5.41, 5.74) is 15.3. The van der Waals surface area contributed by atoms with Crippen molar-refractivity contribution in [3.8, 4) is 0 Å². The molecule has 1 saturated heterocycles. The Hall–Kier alpha value is -0.0100. The lowest BCUT2D eigenvalue weighted by Crippen LogP contribution is -2.71. The third-order valence-corrected chi connectivity index (χ3v) is 4.17. The second kappa shape index (κ2) is 3.24. The second-order valence-electron chi connectivity index (χ2n) is 4.22. The van der Waals surface area contributed by atoms with Crippen molar-refractivity contribution in [3.05, 3.63) is 0 Å². The van der Waals surface area contributed by atoms with Crippen LogP contribution in [0.25, 0.3) is 0 Å². The van der Waals surface area contributed by atoms with E-state index in [1.54, 1.807) is 0 Å². The Morgan fingerprint density at radius 2 is 2.00 bits per heavy atom. The van der Waals surface area contributed by atoms with E-state index in [0.717, 1.165) is 0 Å². The third-order valence-electron chi connectivity index (χ3n) is 3.08. The molecule has 0 aromatic heterocycles. The van der Waals surface area contributed by atoms with Crippen LogP contribution < -0.4 is 17.2 Å². The molecule has 7 nitrogen and oxygen atoms in total. The molecule has 0 amide bonds. The lowest BCUT2D eigenvalue weighted by Gasteiger charge is -2.40. The van der Waals surface area contributed by atoms with Gasteiger partial charge in [0.1, 0.15) is 11.3 Å². The summed E-state index contributed by atoms with van der Waals surface area (Å²) in [6.45, 7) is 0.0151. The molecule has 0 aromatic carbocycles. The fraction of sp³-hybridized carbons (Fsp3) is 1.00. The monoisotopic (exact) mass is 237 g/mol. The maximum absolute atomic E-state index is 11.4. The van der Waals surface area contributed by atoms with E-state index in [4.69, 9.17) is 26.2 Å². The zero-order valence-corrected chi connectivity index (χ0v) is 9.15. The van der Waals surface area contributed by atoms with Gasteiger partial charge in [-0.2, -0.15) is 0 Å². The van der Waals surface area contributed by atoms with Gasteiger partial charge in [-0.15, -0.1) is 0 Å². The predicted molar refractivity (Wildman–Crippen MR) is 52.5 cm³/mol. The van der Waals surface area contributed by atoms with E-state index in [9.17, 15) is 9.46 Å². The van der Waals surface area contributed by atoms with Crippen molar-refractivity contribution in [1.29, 1.82) is 0 Å². The molecule has 2 unspecified atom stereocenters. The van der Waals surface area contributed by atoms with Crippen LogP contribution in [0, 0.1) is 0 Å². The highest BCUT2D eigenvalue weighted by molar-refractivity contribution is 7.47. The van der Waals surface area contributed by atoms with Crippen molar-refractivity contribution in [2.24, 2.45) is 17.2 Å². The summed E-state index contributed by atoms with van der Waals surface area (Å²) in [4.78, 5) is 9.33. The number of phosphoric ester groups is 1. The van der Waals surface area contributed by atoms with Gasteiger partial charge in [0, 0.05) is 6.04 Å². The summed E-state index contributed by atoms with van der Waals surface area (Å²) in [6, 6.07) is -0.514. The molecule has 2 aliphatic rings. The van der Waals surface area contributed by atoms with Crippen LogP contribution in [-0.2, 0) is 13.6 Å². The van der Waals surface area contributed by atoms with Crippen LogP contribution in [0.15, 0.2) is 0 Å². The lowest BCUT2D eigenvalue weighted by atomic mass is 9.92. The maximum atomic E-state index is 11.4. The molecule has 8 heteroatoms. The van der Waals surface area contributed by atoms with E-state index in [1.807, 2.05) is 0 Å². The van der Waals surface area contributed by atoms with E-state index in [1.165, 1.54) is 0 Å². The minimum Gasteiger partial charge on any atom is -0.325 e. The predicted octanol–water partition coefficient (Wildman–Crippen LogP) is -1.00. The Morgan fingerprint density at radius 1 is 1.40 bits per heavy atom. The van der Waals surface area contributed by atoms with Crippen LogP contribution in [-0.4, -0.2) is 28.8 Å². The molecule has 2 atom stereocenters. The molecule has 2 fully saturated rings. The average Bonchev–Trinajstić information content (AvgIpc) is 2.83. The molecule has 1 aliphatic heterocycles. The summed E-state index contributed by atoms with van der Waals surface area (Å²) in [6.07, 6.45) is 1.39. The molecule has 15 heavy (non-hydrogen) atoms.